The molecule has 0 unspecified atom stereocenters. The molecule has 76 valence electrons. The van der Waals surface area contributed by atoms with E-state index in [1.165, 1.54) is 5.56 Å². The molecule has 3 heteroatoms. The van der Waals surface area contributed by atoms with E-state index in [2.05, 4.69) is 16.4 Å². The smallest absolute Gasteiger partial charge is 0.125 e. The topological polar surface area (TPSA) is 34.1 Å². The van der Waals surface area contributed by atoms with Crippen molar-refractivity contribution in [2.75, 3.05) is 25.6 Å². The molecule has 0 amide bonds. The third-order valence-corrected chi connectivity index (χ3v) is 2.74. The van der Waals surface area contributed by atoms with E-state index in [0.717, 1.165) is 31.9 Å². The molecule has 1 aromatic rings. The summed E-state index contributed by atoms with van der Waals surface area (Å²) in [6, 6.07) is 4.19. The normalized spacial score (nSPS) is 18.1. The van der Waals surface area contributed by atoms with Gasteiger partial charge in [-0.2, -0.15) is 0 Å². The van der Waals surface area contributed by atoms with Crippen molar-refractivity contribution in [1.82, 2.24) is 4.98 Å². The van der Waals surface area contributed by atoms with Crippen molar-refractivity contribution in [3.8, 4) is 0 Å². The number of rotatable bonds is 2. The number of ether oxygens (including phenoxy) is 1. The highest BCUT2D eigenvalue weighted by Crippen LogP contribution is 2.26. The molecule has 1 aliphatic heterocycles. The molecule has 2 heterocycles. The van der Waals surface area contributed by atoms with Gasteiger partial charge in [-0.25, -0.2) is 4.98 Å². The molecular weight excluding hydrogens is 176 g/mol. The van der Waals surface area contributed by atoms with Gasteiger partial charge in [0.05, 0.1) is 0 Å². The summed E-state index contributed by atoms with van der Waals surface area (Å²) in [4.78, 5) is 4.32. The van der Waals surface area contributed by atoms with Crippen LogP contribution in [0, 0.1) is 0 Å². The van der Waals surface area contributed by atoms with E-state index in [1.807, 2.05) is 19.3 Å². The highest BCUT2D eigenvalue weighted by Gasteiger charge is 2.15. The van der Waals surface area contributed by atoms with E-state index in [-0.39, 0.29) is 0 Å². The number of nitrogens with one attached hydrogen (secondary N) is 1. The molecule has 1 aliphatic rings. The van der Waals surface area contributed by atoms with E-state index in [9.17, 15) is 0 Å². The number of hydrogen-bond donors (Lipinski definition) is 1. The van der Waals surface area contributed by atoms with Crippen molar-refractivity contribution in [3.63, 3.8) is 0 Å². The Bertz CT molecular complexity index is 278. The third-order valence-electron chi connectivity index (χ3n) is 2.74. The minimum Gasteiger partial charge on any atom is -0.381 e. The van der Waals surface area contributed by atoms with Crippen LogP contribution in [0.1, 0.15) is 24.3 Å². The molecule has 0 atom stereocenters. The Labute approximate surface area is 84.5 Å². The van der Waals surface area contributed by atoms with Crippen molar-refractivity contribution < 1.29 is 4.74 Å². The van der Waals surface area contributed by atoms with Crippen LogP contribution in [0.25, 0.3) is 0 Å². The first-order valence-corrected chi connectivity index (χ1v) is 5.11. The highest BCUT2D eigenvalue weighted by molar-refractivity contribution is 5.35. The molecular formula is C11H16N2O. The predicted molar refractivity (Wildman–Crippen MR) is 56.6 cm³/mol. The quantitative estimate of drug-likeness (QED) is 0.778. The molecule has 1 N–H and O–H groups in total. The van der Waals surface area contributed by atoms with Crippen LogP contribution in [0.4, 0.5) is 5.82 Å². The van der Waals surface area contributed by atoms with Crippen LogP contribution in [-0.2, 0) is 4.74 Å². The van der Waals surface area contributed by atoms with Gasteiger partial charge in [0.15, 0.2) is 0 Å². The van der Waals surface area contributed by atoms with Crippen LogP contribution in [0.15, 0.2) is 18.3 Å². The summed E-state index contributed by atoms with van der Waals surface area (Å²) in [5, 5.41) is 3.02. The fourth-order valence-electron chi connectivity index (χ4n) is 1.83. The maximum absolute atomic E-state index is 5.33. The average molecular weight is 192 g/mol. The summed E-state index contributed by atoms with van der Waals surface area (Å²) < 4.78 is 5.33. The van der Waals surface area contributed by atoms with Gasteiger partial charge in [0, 0.05) is 26.5 Å². The zero-order valence-corrected chi connectivity index (χ0v) is 8.49. The van der Waals surface area contributed by atoms with Gasteiger partial charge in [-0.05, 0) is 30.4 Å². The standard InChI is InChI=1S/C11H16N2O/c1-12-11-3-2-10(8-13-11)9-4-6-14-7-5-9/h2-3,8-9H,4-7H2,1H3,(H,12,13). The van der Waals surface area contributed by atoms with Crippen molar-refractivity contribution in [2.24, 2.45) is 0 Å². The zero-order valence-electron chi connectivity index (χ0n) is 8.49. The van der Waals surface area contributed by atoms with Crippen LogP contribution in [0.3, 0.4) is 0 Å². The highest BCUT2D eigenvalue weighted by atomic mass is 16.5. The fourth-order valence-corrected chi connectivity index (χ4v) is 1.83. The molecule has 0 spiro atoms. The predicted octanol–water partition coefficient (Wildman–Crippen LogP) is 2.02. The van der Waals surface area contributed by atoms with Crippen LogP contribution in [0.5, 0.6) is 0 Å². The van der Waals surface area contributed by atoms with Crippen LogP contribution < -0.4 is 5.32 Å². The van der Waals surface area contributed by atoms with Gasteiger partial charge in [-0.1, -0.05) is 6.07 Å². The number of nitrogens with zero attached hydrogens (tertiary/aromatic N) is 1. The minimum absolute atomic E-state index is 0.641. The molecule has 0 radical (unpaired) electrons. The second-order valence-electron chi connectivity index (χ2n) is 3.61. The van der Waals surface area contributed by atoms with Crippen molar-refractivity contribution >= 4 is 5.82 Å². The first-order valence-electron chi connectivity index (χ1n) is 5.11. The Morgan fingerprint density at radius 3 is 2.71 bits per heavy atom. The molecule has 1 saturated heterocycles. The Kier molecular flexibility index (Phi) is 2.99. The first kappa shape index (κ1) is 9.46. The summed E-state index contributed by atoms with van der Waals surface area (Å²) in [5.74, 6) is 1.57. The molecule has 1 fully saturated rings. The molecule has 0 aromatic carbocycles. The summed E-state index contributed by atoms with van der Waals surface area (Å²) in [5.41, 5.74) is 1.34. The van der Waals surface area contributed by atoms with Gasteiger partial charge in [-0.3, -0.25) is 0 Å². The summed E-state index contributed by atoms with van der Waals surface area (Å²) in [6.45, 7) is 1.77. The van der Waals surface area contributed by atoms with Crippen molar-refractivity contribution in [2.45, 2.75) is 18.8 Å². The molecule has 0 saturated carbocycles. The van der Waals surface area contributed by atoms with E-state index >= 15 is 0 Å². The minimum atomic E-state index is 0.641. The van der Waals surface area contributed by atoms with Crippen molar-refractivity contribution in [1.29, 1.82) is 0 Å². The maximum Gasteiger partial charge on any atom is 0.125 e. The summed E-state index contributed by atoms with van der Waals surface area (Å²) in [7, 11) is 1.89. The second-order valence-corrected chi connectivity index (χ2v) is 3.61. The van der Waals surface area contributed by atoms with E-state index in [4.69, 9.17) is 4.74 Å². The van der Waals surface area contributed by atoms with Gasteiger partial charge in [-0.15, -0.1) is 0 Å². The van der Waals surface area contributed by atoms with E-state index in [0.29, 0.717) is 5.92 Å². The lowest BCUT2D eigenvalue weighted by molar-refractivity contribution is 0.0853. The summed E-state index contributed by atoms with van der Waals surface area (Å²) >= 11 is 0. The number of anilines is 1. The lowest BCUT2D eigenvalue weighted by Crippen LogP contribution is -2.14. The fraction of sp³-hybridized carbons (Fsp3) is 0.545. The zero-order chi connectivity index (χ0) is 9.80. The van der Waals surface area contributed by atoms with Gasteiger partial charge < -0.3 is 10.1 Å². The Balaban J connectivity index is 2.07. The van der Waals surface area contributed by atoms with E-state index in [1.54, 1.807) is 0 Å². The monoisotopic (exact) mass is 192 g/mol. The van der Waals surface area contributed by atoms with Gasteiger partial charge >= 0.3 is 0 Å². The van der Waals surface area contributed by atoms with Gasteiger partial charge in [0.2, 0.25) is 0 Å². The SMILES string of the molecule is CNc1ccc(C2CCOCC2)cn1. The largest absolute Gasteiger partial charge is 0.381 e. The molecule has 2 rings (SSSR count). The van der Waals surface area contributed by atoms with Crippen LogP contribution in [0.2, 0.25) is 0 Å². The number of pyridine rings is 1. The molecule has 1 aromatic heterocycles. The Morgan fingerprint density at radius 2 is 2.14 bits per heavy atom. The third kappa shape index (κ3) is 2.04. The van der Waals surface area contributed by atoms with Gasteiger partial charge in [0.25, 0.3) is 0 Å². The van der Waals surface area contributed by atoms with Crippen LogP contribution in [-0.4, -0.2) is 25.2 Å². The first-order chi connectivity index (χ1) is 6.90. The molecule has 0 bridgehead atoms. The lowest BCUT2D eigenvalue weighted by atomic mass is 9.93. The Morgan fingerprint density at radius 1 is 1.36 bits per heavy atom. The van der Waals surface area contributed by atoms with Crippen molar-refractivity contribution in [3.05, 3.63) is 23.9 Å². The second kappa shape index (κ2) is 4.42. The molecule has 0 aliphatic carbocycles. The number of aromatic nitrogens is 1. The van der Waals surface area contributed by atoms with E-state index < -0.39 is 0 Å². The summed E-state index contributed by atoms with van der Waals surface area (Å²) in [6.07, 6.45) is 4.23. The Hall–Kier alpha value is -1.09. The van der Waals surface area contributed by atoms with Crippen LogP contribution >= 0.6 is 0 Å². The molecule has 14 heavy (non-hydrogen) atoms. The van der Waals surface area contributed by atoms with Gasteiger partial charge in [0.1, 0.15) is 5.82 Å². The molecule has 3 nitrogen and oxygen atoms in total. The average Bonchev–Trinajstić information content (AvgIpc) is 2.30. The maximum atomic E-state index is 5.33. The number of hydrogen-bond acceptors (Lipinski definition) is 3. The lowest BCUT2D eigenvalue weighted by Gasteiger charge is -2.22.